The van der Waals surface area contributed by atoms with Crippen LogP contribution in [-0.4, -0.2) is 20.0 Å². The summed E-state index contributed by atoms with van der Waals surface area (Å²) < 4.78 is 1.53. The van der Waals surface area contributed by atoms with Crippen LogP contribution in [0.15, 0.2) is 48.9 Å². The summed E-state index contributed by atoms with van der Waals surface area (Å²) in [6, 6.07) is 11.2. The van der Waals surface area contributed by atoms with E-state index < -0.39 is 0 Å². The Morgan fingerprint density at radius 2 is 2.10 bits per heavy atom. The Labute approximate surface area is 115 Å². The summed E-state index contributed by atoms with van der Waals surface area (Å²) in [4.78, 5) is 0. The molecule has 6 nitrogen and oxygen atoms in total. The molecule has 0 aliphatic carbocycles. The third-order valence-corrected chi connectivity index (χ3v) is 2.84. The lowest BCUT2D eigenvalue weighted by atomic mass is 10.1. The van der Waals surface area contributed by atoms with Gasteiger partial charge < -0.3 is 5.73 Å². The van der Waals surface area contributed by atoms with Gasteiger partial charge in [-0.2, -0.15) is 15.5 Å². The highest BCUT2D eigenvalue weighted by Crippen LogP contribution is 2.22. The van der Waals surface area contributed by atoms with E-state index in [9.17, 15) is 0 Å². The Morgan fingerprint density at radius 1 is 1.20 bits per heavy atom. The summed E-state index contributed by atoms with van der Waals surface area (Å²) in [6.45, 7) is 0. The Hall–Kier alpha value is -3.20. The first kappa shape index (κ1) is 11.9. The number of hydrogen-bond acceptors (Lipinski definition) is 5. The van der Waals surface area contributed by atoms with Crippen LogP contribution in [0.5, 0.6) is 0 Å². The quantitative estimate of drug-likeness (QED) is 0.710. The molecule has 0 aliphatic rings. The number of aromatic nitrogens is 4. The molecule has 0 fully saturated rings. The summed E-state index contributed by atoms with van der Waals surface area (Å²) in [7, 11) is 0. The van der Waals surface area contributed by atoms with Gasteiger partial charge in [-0.1, -0.05) is 12.1 Å². The third-order valence-electron chi connectivity index (χ3n) is 2.84. The molecule has 0 saturated heterocycles. The van der Waals surface area contributed by atoms with Gasteiger partial charge in [0.25, 0.3) is 0 Å². The number of nitrogens with two attached hydrogens (primary N) is 1. The van der Waals surface area contributed by atoms with E-state index in [1.54, 1.807) is 18.5 Å². The minimum absolute atomic E-state index is 0.408. The smallest absolute Gasteiger partial charge is 0.193 e. The Bertz CT molecular complexity index is 799. The van der Waals surface area contributed by atoms with Gasteiger partial charge in [-0.25, -0.2) is 4.68 Å². The highest BCUT2D eigenvalue weighted by molar-refractivity contribution is 5.66. The first-order chi connectivity index (χ1) is 9.78. The van der Waals surface area contributed by atoms with Crippen molar-refractivity contribution < 1.29 is 0 Å². The molecule has 2 aromatic heterocycles. The molecule has 96 valence electrons. The van der Waals surface area contributed by atoms with Crippen LogP contribution < -0.4 is 5.73 Å². The SMILES string of the molecule is N#Cc1ccnnc1-n1cc(-c2cccc(N)c2)cn1. The highest BCUT2D eigenvalue weighted by Gasteiger charge is 2.09. The molecule has 0 radical (unpaired) electrons. The second kappa shape index (κ2) is 4.82. The molecule has 0 spiro atoms. The fourth-order valence-electron chi connectivity index (χ4n) is 1.89. The summed E-state index contributed by atoms with van der Waals surface area (Å²) in [5, 5.41) is 21.0. The second-order valence-corrected chi connectivity index (χ2v) is 4.18. The van der Waals surface area contributed by atoms with Gasteiger partial charge in [-0.3, -0.25) is 0 Å². The average molecular weight is 262 g/mol. The number of nitrogens with zero attached hydrogens (tertiary/aromatic N) is 5. The molecule has 0 atom stereocenters. The van der Waals surface area contributed by atoms with Crippen molar-refractivity contribution in [1.82, 2.24) is 20.0 Å². The molecule has 0 saturated carbocycles. The normalized spacial score (nSPS) is 10.2. The fraction of sp³-hybridized carbons (Fsp3) is 0. The Kier molecular flexibility index (Phi) is 2.86. The molecular weight excluding hydrogens is 252 g/mol. The zero-order chi connectivity index (χ0) is 13.9. The van der Waals surface area contributed by atoms with E-state index in [4.69, 9.17) is 11.0 Å². The maximum atomic E-state index is 9.06. The standard InChI is InChI=1S/C14H10N6/c15-7-11-4-5-17-19-14(11)20-9-12(8-18-20)10-2-1-3-13(16)6-10/h1-6,8-9H,16H2. The van der Waals surface area contributed by atoms with Gasteiger partial charge in [0.15, 0.2) is 5.82 Å². The molecule has 0 aliphatic heterocycles. The molecule has 0 unspecified atom stereocenters. The van der Waals surface area contributed by atoms with Crippen LogP contribution in [0.3, 0.4) is 0 Å². The van der Waals surface area contributed by atoms with Gasteiger partial charge in [0.2, 0.25) is 0 Å². The van der Waals surface area contributed by atoms with E-state index in [0.717, 1.165) is 11.1 Å². The molecule has 20 heavy (non-hydrogen) atoms. The number of nitrogen functional groups attached to an aromatic ring is 1. The predicted octanol–water partition coefficient (Wildman–Crippen LogP) is 1.78. The fourth-order valence-corrected chi connectivity index (χ4v) is 1.89. The lowest BCUT2D eigenvalue weighted by Crippen LogP contribution is -2.02. The maximum Gasteiger partial charge on any atom is 0.193 e. The topological polar surface area (TPSA) is 93.4 Å². The zero-order valence-electron chi connectivity index (χ0n) is 10.4. The van der Waals surface area contributed by atoms with Crippen molar-refractivity contribution >= 4 is 5.69 Å². The van der Waals surface area contributed by atoms with Crippen LogP contribution in [0.1, 0.15) is 5.56 Å². The van der Waals surface area contributed by atoms with E-state index in [-0.39, 0.29) is 0 Å². The average Bonchev–Trinajstić information content (AvgIpc) is 2.97. The zero-order valence-corrected chi connectivity index (χ0v) is 10.4. The van der Waals surface area contributed by atoms with Crippen LogP contribution in [0.25, 0.3) is 16.9 Å². The first-order valence-electron chi connectivity index (χ1n) is 5.90. The summed E-state index contributed by atoms with van der Waals surface area (Å²) in [5.41, 5.74) is 8.73. The van der Waals surface area contributed by atoms with Crippen LogP contribution in [0, 0.1) is 11.3 Å². The van der Waals surface area contributed by atoms with Crippen molar-refractivity contribution in [1.29, 1.82) is 5.26 Å². The van der Waals surface area contributed by atoms with Gasteiger partial charge in [0.1, 0.15) is 11.6 Å². The predicted molar refractivity (Wildman–Crippen MR) is 73.7 cm³/mol. The number of rotatable bonds is 2. The molecule has 2 N–H and O–H groups in total. The number of nitriles is 1. The Balaban J connectivity index is 2.05. The van der Waals surface area contributed by atoms with Crippen LogP contribution in [0.2, 0.25) is 0 Å². The molecule has 3 aromatic rings. The van der Waals surface area contributed by atoms with Gasteiger partial charge in [0, 0.05) is 17.4 Å². The second-order valence-electron chi connectivity index (χ2n) is 4.18. The maximum absolute atomic E-state index is 9.06. The van der Waals surface area contributed by atoms with Crippen molar-refractivity contribution in [3.8, 4) is 23.0 Å². The molecule has 1 aromatic carbocycles. The summed E-state index contributed by atoms with van der Waals surface area (Å²) in [6.07, 6.45) is 4.97. The largest absolute Gasteiger partial charge is 0.399 e. The van der Waals surface area contributed by atoms with Crippen molar-refractivity contribution in [3.05, 3.63) is 54.5 Å². The Morgan fingerprint density at radius 3 is 2.90 bits per heavy atom. The van der Waals surface area contributed by atoms with E-state index in [0.29, 0.717) is 17.1 Å². The van der Waals surface area contributed by atoms with Gasteiger partial charge >= 0.3 is 0 Å². The molecule has 2 heterocycles. The van der Waals surface area contributed by atoms with Gasteiger partial charge in [0.05, 0.1) is 12.4 Å². The van der Waals surface area contributed by atoms with Gasteiger partial charge in [-0.15, -0.1) is 5.10 Å². The number of benzene rings is 1. The number of anilines is 1. The minimum Gasteiger partial charge on any atom is -0.399 e. The lowest BCUT2D eigenvalue weighted by Gasteiger charge is -2.00. The monoisotopic (exact) mass is 262 g/mol. The third kappa shape index (κ3) is 2.08. The van der Waals surface area contributed by atoms with Crippen LogP contribution in [0.4, 0.5) is 5.69 Å². The van der Waals surface area contributed by atoms with Crippen molar-refractivity contribution in [2.45, 2.75) is 0 Å². The summed E-state index contributed by atoms with van der Waals surface area (Å²) >= 11 is 0. The molecule has 0 amide bonds. The highest BCUT2D eigenvalue weighted by atomic mass is 15.3. The van der Waals surface area contributed by atoms with E-state index in [2.05, 4.69) is 21.4 Å². The van der Waals surface area contributed by atoms with E-state index in [1.165, 1.54) is 10.9 Å². The van der Waals surface area contributed by atoms with Crippen LogP contribution >= 0.6 is 0 Å². The molecular formula is C14H10N6. The first-order valence-corrected chi connectivity index (χ1v) is 5.90. The van der Waals surface area contributed by atoms with E-state index in [1.807, 2.05) is 24.3 Å². The molecule has 6 heteroatoms. The van der Waals surface area contributed by atoms with Crippen molar-refractivity contribution in [2.24, 2.45) is 0 Å². The number of hydrogen-bond donors (Lipinski definition) is 1. The van der Waals surface area contributed by atoms with E-state index >= 15 is 0 Å². The van der Waals surface area contributed by atoms with Gasteiger partial charge in [-0.05, 0) is 23.8 Å². The molecule has 3 rings (SSSR count). The lowest BCUT2D eigenvalue weighted by molar-refractivity contribution is 0.810. The summed E-state index contributed by atoms with van der Waals surface area (Å²) in [5.74, 6) is 0.408. The van der Waals surface area contributed by atoms with Crippen molar-refractivity contribution in [3.63, 3.8) is 0 Å². The van der Waals surface area contributed by atoms with Crippen LogP contribution in [-0.2, 0) is 0 Å². The minimum atomic E-state index is 0.408. The van der Waals surface area contributed by atoms with Crippen molar-refractivity contribution in [2.75, 3.05) is 5.73 Å². The molecule has 0 bridgehead atoms.